The molecule has 0 saturated heterocycles. The summed E-state index contributed by atoms with van der Waals surface area (Å²) >= 11 is -1.05. The van der Waals surface area contributed by atoms with Gasteiger partial charge < -0.3 is 0 Å². The van der Waals surface area contributed by atoms with Crippen LogP contribution in [-0.4, -0.2) is 35.7 Å². The van der Waals surface area contributed by atoms with E-state index in [4.69, 9.17) is 0 Å². The first-order valence-electron chi connectivity index (χ1n) is 4.56. The predicted octanol–water partition coefficient (Wildman–Crippen LogP) is 1.38. The summed E-state index contributed by atoms with van der Waals surface area (Å²) in [7, 11) is -3.26. The van der Waals surface area contributed by atoms with Crippen molar-refractivity contribution >= 4 is 37.1 Å². The van der Waals surface area contributed by atoms with E-state index in [2.05, 4.69) is 3.56 Å². The van der Waals surface area contributed by atoms with Gasteiger partial charge in [0.05, 0.1) is 0 Å². The molecule has 2 rings (SSSR count). The Labute approximate surface area is 101 Å². The SMILES string of the molecule is O=S(=O)(C1=[CH][Tl]=[CH]C=C1)c1ccccc1. The van der Waals surface area contributed by atoms with Gasteiger partial charge in [0.25, 0.3) is 0 Å². The van der Waals surface area contributed by atoms with Gasteiger partial charge in [-0.25, -0.2) is 0 Å². The van der Waals surface area contributed by atoms with E-state index in [1.165, 1.54) is 0 Å². The molecule has 0 fully saturated rings. The number of benzene rings is 1. The summed E-state index contributed by atoms with van der Waals surface area (Å²) in [5.74, 6) is 0. The zero-order valence-corrected chi connectivity index (χ0v) is 13.3. The summed E-state index contributed by atoms with van der Waals surface area (Å²) in [6.45, 7) is 0. The summed E-state index contributed by atoms with van der Waals surface area (Å²) in [6, 6.07) is 8.58. The van der Waals surface area contributed by atoms with Crippen LogP contribution in [0.1, 0.15) is 0 Å². The van der Waals surface area contributed by atoms with Gasteiger partial charge in [0, 0.05) is 0 Å². The van der Waals surface area contributed by atoms with Gasteiger partial charge in [0.2, 0.25) is 0 Å². The first-order valence-corrected chi connectivity index (χ1v) is 11.2. The number of hydrogen-bond acceptors (Lipinski definition) is 2. The number of sulfone groups is 1. The van der Waals surface area contributed by atoms with Crippen LogP contribution in [-0.2, 0) is 9.84 Å². The van der Waals surface area contributed by atoms with Gasteiger partial charge in [0.15, 0.2) is 0 Å². The number of allylic oxidation sites excluding steroid dienone is 2. The molecule has 1 aromatic carbocycles. The van der Waals surface area contributed by atoms with Gasteiger partial charge in [-0.2, -0.15) is 0 Å². The fourth-order valence-corrected chi connectivity index (χ4v) is 7.87. The van der Waals surface area contributed by atoms with E-state index in [1.54, 1.807) is 30.3 Å². The topological polar surface area (TPSA) is 34.1 Å². The Morgan fingerprint density at radius 3 is 2.40 bits per heavy atom. The quantitative estimate of drug-likeness (QED) is 0.692. The summed E-state index contributed by atoms with van der Waals surface area (Å²) in [5.41, 5.74) is 0. The van der Waals surface area contributed by atoms with Crippen LogP contribution in [0.5, 0.6) is 0 Å². The molecule has 1 aliphatic heterocycles. The van der Waals surface area contributed by atoms with Crippen LogP contribution in [0.25, 0.3) is 0 Å². The molecule has 0 radical (unpaired) electrons. The molecule has 0 bridgehead atoms. The van der Waals surface area contributed by atoms with Gasteiger partial charge in [-0.3, -0.25) is 0 Å². The molecule has 1 heterocycles. The van der Waals surface area contributed by atoms with Gasteiger partial charge in [0.1, 0.15) is 0 Å². The second kappa shape index (κ2) is 4.53. The Bertz CT molecular complexity index is 539. The Hall–Kier alpha value is -0.558. The average Bonchev–Trinajstić information content (AvgIpc) is 2.31. The van der Waals surface area contributed by atoms with Crippen LogP contribution in [0.2, 0.25) is 0 Å². The van der Waals surface area contributed by atoms with Crippen molar-refractivity contribution in [3.8, 4) is 0 Å². The molecular formula is C11H9O2STl. The summed E-state index contributed by atoms with van der Waals surface area (Å²) in [5, 5.41) is 0. The zero-order chi connectivity index (χ0) is 10.7. The van der Waals surface area contributed by atoms with Crippen molar-refractivity contribution in [3.05, 3.63) is 51.0 Å². The van der Waals surface area contributed by atoms with E-state index in [-0.39, 0.29) is 0 Å². The standard InChI is InChI=1S/C11H9O2S.Tl/c1-3-7-10(2)14(12,13)11-8-5-4-6-9-11;/h1-9H;. The van der Waals surface area contributed by atoms with Crippen molar-refractivity contribution < 1.29 is 8.42 Å². The Morgan fingerprint density at radius 1 is 1.07 bits per heavy atom. The second-order valence-electron chi connectivity index (χ2n) is 3.13. The first-order chi connectivity index (χ1) is 7.21. The van der Waals surface area contributed by atoms with Crippen molar-refractivity contribution in [1.29, 1.82) is 0 Å². The molecule has 0 N–H and O–H groups in total. The van der Waals surface area contributed by atoms with E-state index in [0.717, 1.165) is 0 Å². The molecule has 0 atom stereocenters. The predicted molar refractivity (Wildman–Crippen MR) is 62.7 cm³/mol. The molecule has 2 nitrogen and oxygen atoms in total. The van der Waals surface area contributed by atoms with Crippen LogP contribution in [0.4, 0.5) is 0 Å². The molecule has 0 aliphatic carbocycles. The summed E-state index contributed by atoms with van der Waals surface area (Å²) < 4.78 is 28.2. The van der Waals surface area contributed by atoms with Crippen LogP contribution in [0.15, 0.2) is 55.9 Å². The molecule has 0 saturated carbocycles. The zero-order valence-electron chi connectivity index (χ0n) is 8.00. The van der Waals surface area contributed by atoms with Gasteiger partial charge in [-0.05, 0) is 0 Å². The molecular weight excluding hydrogens is 401 g/mol. The second-order valence-corrected chi connectivity index (χ2v) is 9.37. The maximum atomic E-state index is 12.1. The van der Waals surface area contributed by atoms with E-state index >= 15 is 0 Å². The van der Waals surface area contributed by atoms with Crippen LogP contribution < -0.4 is 0 Å². The van der Waals surface area contributed by atoms with Crippen molar-refractivity contribution in [1.82, 2.24) is 0 Å². The number of hydrogen-bond donors (Lipinski definition) is 0. The molecule has 0 aromatic heterocycles. The minimum absolute atomic E-state index is 0.383. The molecule has 4 heteroatoms. The third kappa shape index (κ3) is 2.34. The van der Waals surface area contributed by atoms with E-state index in [9.17, 15) is 8.42 Å². The molecule has 0 spiro atoms. The van der Waals surface area contributed by atoms with E-state index in [0.29, 0.717) is 9.80 Å². The van der Waals surface area contributed by atoms with Crippen LogP contribution in [0, 0.1) is 0 Å². The van der Waals surface area contributed by atoms with Gasteiger partial charge in [-0.1, -0.05) is 0 Å². The third-order valence-corrected chi connectivity index (χ3v) is 8.70. The summed E-state index contributed by atoms with van der Waals surface area (Å²) in [6.07, 6.45) is 3.55. The van der Waals surface area contributed by atoms with Crippen molar-refractivity contribution in [2.75, 3.05) is 0 Å². The van der Waals surface area contributed by atoms with Crippen LogP contribution in [0.3, 0.4) is 0 Å². The average molecular weight is 410 g/mol. The molecule has 0 amide bonds. The van der Waals surface area contributed by atoms with E-state index in [1.807, 2.05) is 15.8 Å². The fraction of sp³-hybridized carbons (Fsp3) is 0. The molecule has 15 heavy (non-hydrogen) atoms. The molecule has 1 aliphatic rings. The third-order valence-electron chi connectivity index (χ3n) is 2.11. The maximum absolute atomic E-state index is 12.1. The Kier molecular flexibility index (Phi) is 3.30. The van der Waals surface area contributed by atoms with Gasteiger partial charge >= 0.3 is 101 Å². The Balaban J connectivity index is 2.50. The molecule has 0 unspecified atom stereocenters. The van der Waals surface area contributed by atoms with Crippen molar-refractivity contribution in [3.63, 3.8) is 0 Å². The minimum atomic E-state index is -3.26. The molecule has 74 valence electrons. The number of rotatable bonds is 2. The van der Waals surface area contributed by atoms with Crippen molar-refractivity contribution in [2.24, 2.45) is 0 Å². The normalized spacial score (nSPS) is 14.5. The fourth-order valence-electron chi connectivity index (χ4n) is 1.34. The first kappa shape index (κ1) is 10.9. The van der Waals surface area contributed by atoms with Crippen LogP contribution >= 0.6 is 0 Å². The summed E-state index contributed by atoms with van der Waals surface area (Å²) in [4.78, 5) is 0.861. The molecule has 1 aromatic rings. The van der Waals surface area contributed by atoms with E-state index < -0.39 is 33.6 Å². The van der Waals surface area contributed by atoms with Crippen molar-refractivity contribution in [2.45, 2.75) is 4.90 Å². The Morgan fingerprint density at radius 2 is 1.80 bits per heavy atom. The monoisotopic (exact) mass is 410 g/mol. The van der Waals surface area contributed by atoms with Gasteiger partial charge in [-0.15, -0.1) is 0 Å².